The van der Waals surface area contributed by atoms with E-state index < -0.39 is 0 Å². The molecule has 0 saturated heterocycles. The van der Waals surface area contributed by atoms with Gasteiger partial charge in [-0.1, -0.05) is 19.1 Å². The molecule has 0 radical (unpaired) electrons. The van der Waals surface area contributed by atoms with Gasteiger partial charge in [-0.15, -0.1) is 0 Å². The van der Waals surface area contributed by atoms with Crippen LogP contribution in [0.4, 0.5) is 5.69 Å². The number of rotatable bonds is 6. The van der Waals surface area contributed by atoms with Gasteiger partial charge in [-0.3, -0.25) is 4.79 Å². The normalized spacial score (nSPS) is 12.6. The first-order chi connectivity index (χ1) is 8.65. The molecule has 0 aliphatic heterocycles. The van der Waals surface area contributed by atoms with Crippen LogP contribution in [-0.2, 0) is 9.53 Å². The quantitative estimate of drug-likeness (QED) is 0.596. The zero-order chi connectivity index (χ0) is 13.4. The van der Waals surface area contributed by atoms with E-state index in [1.54, 1.807) is 25.3 Å². The highest BCUT2D eigenvalue weighted by Crippen LogP contribution is 2.06. The minimum atomic E-state index is -0.115. The van der Waals surface area contributed by atoms with Crippen LogP contribution in [-0.4, -0.2) is 25.7 Å². The molecule has 18 heavy (non-hydrogen) atoms. The van der Waals surface area contributed by atoms with Crippen molar-refractivity contribution in [3.8, 4) is 0 Å². The summed E-state index contributed by atoms with van der Waals surface area (Å²) in [6.45, 7) is 2.53. The van der Waals surface area contributed by atoms with Gasteiger partial charge in [0.05, 0.1) is 12.6 Å². The highest BCUT2D eigenvalue weighted by atomic mass is 16.5. The Morgan fingerprint density at radius 2 is 2.11 bits per heavy atom. The van der Waals surface area contributed by atoms with Crippen LogP contribution in [0.1, 0.15) is 18.9 Å². The van der Waals surface area contributed by atoms with E-state index in [0.29, 0.717) is 12.3 Å². The molecule has 98 valence electrons. The van der Waals surface area contributed by atoms with Crippen LogP contribution in [0.25, 0.3) is 6.08 Å². The molecular weight excluding hydrogens is 228 g/mol. The zero-order valence-electron chi connectivity index (χ0n) is 10.8. The number of nitrogens with one attached hydrogen (secondary N) is 1. The molecule has 1 rings (SSSR count). The van der Waals surface area contributed by atoms with Crippen LogP contribution in [0, 0.1) is 0 Å². The van der Waals surface area contributed by atoms with Crippen LogP contribution in [0.2, 0.25) is 0 Å². The molecule has 1 unspecified atom stereocenters. The lowest BCUT2D eigenvalue weighted by Crippen LogP contribution is -2.36. The average Bonchev–Trinajstić information content (AvgIpc) is 2.37. The molecule has 0 heterocycles. The predicted molar refractivity (Wildman–Crippen MR) is 74.0 cm³/mol. The summed E-state index contributed by atoms with van der Waals surface area (Å²) in [6.07, 6.45) is 4.12. The minimum absolute atomic E-state index is 0.0542. The number of anilines is 1. The second-order valence-corrected chi connectivity index (χ2v) is 4.07. The summed E-state index contributed by atoms with van der Waals surface area (Å²) in [4.78, 5) is 11.6. The smallest absolute Gasteiger partial charge is 0.244 e. The number of nitrogen functional groups attached to an aromatic ring is 1. The van der Waals surface area contributed by atoms with Crippen molar-refractivity contribution in [2.45, 2.75) is 19.4 Å². The van der Waals surface area contributed by atoms with E-state index in [0.717, 1.165) is 12.0 Å². The van der Waals surface area contributed by atoms with Gasteiger partial charge in [0.15, 0.2) is 0 Å². The van der Waals surface area contributed by atoms with Gasteiger partial charge in [-0.05, 0) is 30.2 Å². The van der Waals surface area contributed by atoms with Crippen molar-refractivity contribution in [1.82, 2.24) is 5.32 Å². The Morgan fingerprint density at radius 1 is 1.44 bits per heavy atom. The Labute approximate surface area is 108 Å². The molecule has 0 aromatic heterocycles. The van der Waals surface area contributed by atoms with Crippen LogP contribution >= 0.6 is 0 Å². The first-order valence-electron chi connectivity index (χ1n) is 5.98. The van der Waals surface area contributed by atoms with E-state index in [1.807, 2.05) is 19.1 Å². The third-order valence-electron chi connectivity index (χ3n) is 2.57. The van der Waals surface area contributed by atoms with Gasteiger partial charge in [0, 0.05) is 18.9 Å². The van der Waals surface area contributed by atoms with Crippen molar-refractivity contribution < 1.29 is 9.53 Å². The largest absolute Gasteiger partial charge is 0.399 e. The first-order valence-corrected chi connectivity index (χ1v) is 5.98. The number of amides is 1. The van der Waals surface area contributed by atoms with E-state index in [4.69, 9.17) is 10.5 Å². The van der Waals surface area contributed by atoms with Crippen molar-refractivity contribution in [2.75, 3.05) is 19.5 Å². The number of carbonyl (C=O) groups is 1. The topological polar surface area (TPSA) is 64.3 Å². The van der Waals surface area contributed by atoms with Gasteiger partial charge in [0.2, 0.25) is 5.91 Å². The Morgan fingerprint density at radius 3 is 2.67 bits per heavy atom. The summed E-state index contributed by atoms with van der Waals surface area (Å²) in [5.74, 6) is -0.115. The molecule has 0 aliphatic carbocycles. The maximum absolute atomic E-state index is 11.6. The minimum Gasteiger partial charge on any atom is -0.399 e. The Bertz CT molecular complexity index is 399. The zero-order valence-corrected chi connectivity index (χ0v) is 10.8. The van der Waals surface area contributed by atoms with Crippen LogP contribution in [0.15, 0.2) is 30.3 Å². The van der Waals surface area contributed by atoms with E-state index >= 15 is 0 Å². The standard InChI is InChI=1S/C14H20N2O2/c1-3-13(10-18-2)16-14(17)9-6-11-4-7-12(15)8-5-11/h4-9,13H,3,10,15H2,1-2H3,(H,16,17)/b9-6+. The van der Waals surface area contributed by atoms with Crippen LogP contribution < -0.4 is 11.1 Å². The van der Waals surface area contributed by atoms with Crippen molar-refractivity contribution in [3.63, 3.8) is 0 Å². The number of nitrogens with two attached hydrogens (primary N) is 1. The molecule has 4 heteroatoms. The van der Waals surface area contributed by atoms with Gasteiger partial charge in [-0.25, -0.2) is 0 Å². The molecule has 4 nitrogen and oxygen atoms in total. The lowest BCUT2D eigenvalue weighted by molar-refractivity contribution is -0.117. The van der Waals surface area contributed by atoms with Gasteiger partial charge in [0.1, 0.15) is 0 Å². The summed E-state index contributed by atoms with van der Waals surface area (Å²) >= 11 is 0. The maximum atomic E-state index is 11.6. The molecule has 1 atom stereocenters. The monoisotopic (exact) mass is 248 g/mol. The van der Waals surface area contributed by atoms with Crippen molar-refractivity contribution in [2.24, 2.45) is 0 Å². The third kappa shape index (κ3) is 5.01. The average molecular weight is 248 g/mol. The lowest BCUT2D eigenvalue weighted by atomic mass is 10.2. The summed E-state index contributed by atoms with van der Waals surface area (Å²) in [6, 6.07) is 7.39. The maximum Gasteiger partial charge on any atom is 0.244 e. The third-order valence-corrected chi connectivity index (χ3v) is 2.57. The molecule has 0 bridgehead atoms. The molecular formula is C14H20N2O2. The van der Waals surface area contributed by atoms with Crippen LogP contribution in [0.5, 0.6) is 0 Å². The van der Waals surface area contributed by atoms with Crippen molar-refractivity contribution >= 4 is 17.7 Å². The predicted octanol–water partition coefficient (Wildman–Crippen LogP) is 1.82. The molecule has 0 aliphatic rings. The molecule has 1 amide bonds. The second kappa shape index (κ2) is 7.50. The van der Waals surface area contributed by atoms with Crippen LogP contribution in [0.3, 0.4) is 0 Å². The first kappa shape index (κ1) is 14.3. The number of hydrogen-bond donors (Lipinski definition) is 2. The summed E-state index contributed by atoms with van der Waals surface area (Å²) < 4.78 is 5.02. The SMILES string of the molecule is CCC(COC)NC(=O)/C=C/c1ccc(N)cc1. The van der Waals surface area contributed by atoms with E-state index in [1.165, 1.54) is 6.08 Å². The lowest BCUT2D eigenvalue weighted by Gasteiger charge is -2.14. The Balaban J connectivity index is 2.50. The molecule has 0 spiro atoms. The van der Waals surface area contributed by atoms with E-state index in [9.17, 15) is 4.79 Å². The molecule has 0 fully saturated rings. The molecule has 1 aromatic rings. The fourth-order valence-corrected chi connectivity index (χ4v) is 1.49. The van der Waals surface area contributed by atoms with Gasteiger partial charge in [-0.2, -0.15) is 0 Å². The number of hydrogen-bond acceptors (Lipinski definition) is 3. The molecule has 3 N–H and O–H groups in total. The molecule has 1 aromatic carbocycles. The molecule has 0 saturated carbocycles. The van der Waals surface area contributed by atoms with Crippen molar-refractivity contribution in [1.29, 1.82) is 0 Å². The number of carbonyl (C=O) groups excluding carboxylic acids is 1. The number of ether oxygens (including phenoxy) is 1. The van der Waals surface area contributed by atoms with E-state index in [2.05, 4.69) is 5.32 Å². The van der Waals surface area contributed by atoms with Crippen molar-refractivity contribution in [3.05, 3.63) is 35.9 Å². The summed E-state index contributed by atoms with van der Waals surface area (Å²) in [7, 11) is 1.62. The van der Waals surface area contributed by atoms with Gasteiger partial charge < -0.3 is 15.8 Å². The Kier molecular flexibility index (Phi) is 5.94. The summed E-state index contributed by atoms with van der Waals surface area (Å²) in [5, 5.41) is 2.87. The fraction of sp³-hybridized carbons (Fsp3) is 0.357. The fourth-order valence-electron chi connectivity index (χ4n) is 1.49. The second-order valence-electron chi connectivity index (χ2n) is 4.07. The van der Waals surface area contributed by atoms with E-state index in [-0.39, 0.29) is 11.9 Å². The number of benzene rings is 1. The highest BCUT2D eigenvalue weighted by Gasteiger charge is 2.07. The summed E-state index contributed by atoms with van der Waals surface area (Å²) in [5.41, 5.74) is 7.24. The van der Waals surface area contributed by atoms with Gasteiger partial charge >= 0.3 is 0 Å². The highest BCUT2D eigenvalue weighted by molar-refractivity contribution is 5.91. The number of methoxy groups -OCH3 is 1. The Hall–Kier alpha value is -1.81. The van der Waals surface area contributed by atoms with Gasteiger partial charge in [0.25, 0.3) is 0 Å².